The first-order valence-electron chi connectivity index (χ1n) is 5.33. The minimum atomic E-state index is -1.06. The van der Waals surface area contributed by atoms with E-state index in [0.717, 1.165) is 30.9 Å². The molecule has 0 bridgehead atoms. The molecular formula is C10H13N3O3S. The second kappa shape index (κ2) is 4.80. The fraction of sp³-hybridized carbons (Fsp3) is 0.500. The molecule has 1 saturated heterocycles. The third-order valence-corrected chi connectivity index (χ3v) is 3.54. The Bertz CT molecular complexity index is 452. The van der Waals surface area contributed by atoms with E-state index in [1.54, 1.807) is 6.92 Å². The van der Waals surface area contributed by atoms with Crippen molar-refractivity contribution in [2.45, 2.75) is 25.8 Å². The van der Waals surface area contributed by atoms with E-state index < -0.39 is 5.97 Å². The van der Waals surface area contributed by atoms with Gasteiger partial charge < -0.3 is 15.7 Å². The summed E-state index contributed by atoms with van der Waals surface area (Å²) in [6.45, 7) is 2.44. The Balaban J connectivity index is 2.13. The molecule has 0 spiro atoms. The van der Waals surface area contributed by atoms with E-state index in [0.29, 0.717) is 10.7 Å². The molecule has 1 aliphatic heterocycles. The molecule has 92 valence electrons. The second-order valence-corrected chi connectivity index (χ2v) is 4.69. The number of nitrogens with zero attached hydrogens (tertiary/aromatic N) is 1. The van der Waals surface area contributed by atoms with Gasteiger partial charge in [0, 0.05) is 0 Å². The Morgan fingerprint density at radius 3 is 2.94 bits per heavy atom. The van der Waals surface area contributed by atoms with Crippen LogP contribution in [0.4, 0.5) is 5.00 Å². The predicted molar refractivity (Wildman–Crippen MR) is 63.5 cm³/mol. The number of carbonyl (C=O) groups is 2. The summed E-state index contributed by atoms with van der Waals surface area (Å²) in [5, 5.41) is 15.0. The zero-order valence-corrected chi connectivity index (χ0v) is 10.1. The highest BCUT2D eigenvalue weighted by atomic mass is 32.1. The van der Waals surface area contributed by atoms with Gasteiger partial charge in [0.1, 0.15) is 10.6 Å². The summed E-state index contributed by atoms with van der Waals surface area (Å²) in [4.78, 5) is 22.8. The van der Waals surface area contributed by atoms with Crippen LogP contribution in [0.15, 0.2) is 0 Å². The molecular weight excluding hydrogens is 242 g/mol. The monoisotopic (exact) mass is 255 g/mol. The van der Waals surface area contributed by atoms with Gasteiger partial charge in [-0.25, -0.2) is 4.79 Å². The number of nitrogens with one attached hydrogen (secondary N) is 2. The Hall–Kier alpha value is -1.47. The average molecular weight is 255 g/mol. The molecule has 17 heavy (non-hydrogen) atoms. The Labute approximate surface area is 102 Å². The van der Waals surface area contributed by atoms with Crippen molar-refractivity contribution in [2.75, 3.05) is 11.9 Å². The molecule has 0 radical (unpaired) electrons. The zero-order valence-electron chi connectivity index (χ0n) is 9.32. The lowest BCUT2D eigenvalue weighted by molar-refractivity contribution is -0.117. The summed E-state index contributed by atoms with van der Waals surface area (Å²) in [6, 6.07) is -0.223. The lowest BCUT2D eigenvalue weighted by Gasteiger charge is -2.09. The first-order chi connectivity index (χ1) is 8.09. The molecule has 3 N–H and O–H groups in total. The van der Waals surface area contributed by atoms with Gasteiger partial charge in [0.05, 0.1) is 11.7 Å². The Morgan fingerprint density at radius 2 is 2.35 bits per heavy atom. The summed E-state index contributed by atoms with van der Waals surface area (Å²) >= 11 is 1.00. The number of aryl methyl sites for hydroxylation is 1. The van der Waals surface area contributed by atoms with Crippen LogP contribution >= 0.6 is 11.5 Å². The molecule has 0 aliphatic carbocycles. The van der Waals surface area contributed by atoms with Crippen molar-refractivity contribution in [3.8, 4) is 0 Å². The van der Waals surface area contributed by atoms with Crippen LogP contribution in [0.2, 0.25) is 0 Å². The van der Waals surface area contributed by atoms with Gasteiger partial charge in [-0.1, -0.05) is 0 Å². The zero-order chi connectivity index (χ0) is 12.4. The van der Waals surface area contributed by atoms with Gasteiger partial charge in [-0.2, -0.15) is 4.37 Å². The van der Waals surface area contributed by atoms with Crippen LogP contribution in [-0.4, -0.2) is 33.9 Å². The molecule has 7 heteroatoms. The molecule has 0 saturated carbocycles. The highest BCUT2D eigenvalue weighted by Crippen LogP contribution is 2.24. The van der Waals surface area contributed by atoms with E-state index in [1.165, 1.54) is 0 Å². The molecule has 1 aliphatic rings. The van der Waals surface area contributed by atoms with Crippen LogP contribution in [0.1, 0.15) is 28.9 Å². The van der Waals surface area contributed by atoms with E-state index in [9.17, 15) is 9.59 Å². The van der Waals surface area contributed by atoms with Gasteiger partial charge in [0.2, 0.25) is 5.91 Å². The van der Waals surface area contributed by atoms with Crippen molar-refractivity contribution in [3.63, 3.8) is 0 Å². The molecule has 1 atom stereocenters. The van der Waals surface area contributed by atoms with Gasteiger partial charge in [-0.3, -0.25) is 4.79 Å². The minimum absolute atomic E-state index is 0.0846. The molecule has 0 aromatic carbocycles. The predicted octanol–water partition coefficient (Wildman–Crippen LogP) is 0.840. The number of carboxylic acid groups (broad SMARTS) is 1. The standard InChI is InChI=1S/C10H13N3O3S/c1-5-7(10(15)16)9(17-13-5)12-8(14)6-3-2-4-11-6/h6,11H,2-4H2,1H3,(H,12,14)(H,15,16)/t6-/m0/s1. The fourth-order valence-electron chi connectivity index (χ4n) is 1.81. The topological polar surface area (TPSA) is 91.3 Å². The molecule has 1 amide bonds. The van der Waals surface area contributed by atoms with Crippen molar-refractivity contribution in [2.24, 2.45) is 0 Å². The maximum Gasteiger partial charge on any atom is 0.340 e. The Kier molecular flexibility index (Phi) is 3.39. The molecule has 2 rings (SSSR count). The van der Waals surface area contributed by atoms with Crippen LogP contribution in [0.5, 0.6) is 0 Å². The van der Waals surface area contributed by atoms with Gasteiger partial charge in [0.15, 0.2) is 0 Å². The minimum Gasteiger partial charge on any atom is -0.478 e. The number of amides is 1. The first kappa shape index (κ1) is 12.0. The van der Waals surface area contributed by atoms with E-state index in [4.69, 9.17) is 5.11 Å². The first-order valence-corrected chi connectivity index (χ1v) is 6.10. The summed E-state index contributed by atoms with van der Waals surface area (Å²) in [7, 11) is 0. The molecule has 6 nitrogen and oxygen atoms in total. The summed E-state index contributed by atoms with van der Waals surface area (Å²) in [6.07, 6.45) is 1.75. The molecule has 2 heterocycles. The lowest BCUT2D eigenvalue weighted by atomic mass is 10.2. The SMILES string of the molecule is Cc1nsc(NC(=O)[C@@H]2CCCN2)c1C(=O)O. The largest absolute Gasteiger partial charge is 0.478 e. The molecule has 0 unspecified atom stereocenters. The van der Waals surface area contributed by atoms with Crippen molar-refractivity contribution in [1.29, 1.82) is 0 Å². The highest BCUT2D eigenvalue weighted by molar-refractivity contribution is 7.11. The smallest absolute Gasteiger partial charge is 0.340 e. The molecule has 1 aromatic rings. The Morgan fingerprint density at radius 1 is 1.59 bits per heavy atom. The maximum absolute atomic E-state index is 11.8. The van der Waals surface area contributed by atoms with Gasteiger partial charge in [-0.05, 0) is 37.8 Å². The number of aromatic nitrogens is 1. The lowest BCUT2D eigenvalue weighted by Crippen LogP contribution is -2.35. The van der Waals surface area contributed by atoms with E-state index in [2.05, 4.69) is 15.0 Å². The van der Waals surface area contributed by atoms with E-state index in [-0.39, 0.29) is 17.5 Å². The van der Waals surface area contributed by atoms with Crippen LogP contribution in [0.3, 0.4) is 0 Å². The van der Waals surface area contributed by atoms with Gasteiger partial charge >= 0.3 is 5.97 Å². The third kappa shape index (κ3) is 2.45. The number of aromatic carboxylic acids is 1. The van der Waals surface area contributed by atoms with E-state index >= 15 is 0 Å². The summed E-state index contributed by atoms with van der Waals surface area (Å²) in [5.41, 5.74) is 0.513. The fourth-order valence-corrected chi connectivity index (χ4v) is 2.61. The molecule has 1 fully saturated rings. The van der Waals surface area contributed by atoms with Crippen LogP contribution in [-0.2, 0) is 4.79 Å². The third-order valence-electron chi connectivity index (χ3n) is 2.69. The summed E-state index contributed by atoms with van der Waals surface area (Å²) < 4.78 is 3.94. The average Bonchev–Trinajstić information content (AvgIpc) is 2.87. The van der Waals surface area contributed by atoms with Crippen molar-refractivity contribution < 1.29 is 14.7 Å². The van der Waals surface area contributed by atoms with Crippen LogP contribution < -0.4 is 10.6 Å². The number of carboxylic acids is 1. The second-order valence-electron chi connectivity index (χ2n) is 3.92. The number of anilines is 1. The molecule has 1 aromatic heterocycles. The van der Waals surface area contributed by atoms with Crippen LogP contribution in [0, 0.1) is 6.92 Å². The van der Waals surface area contributed by atoms with Crippen LogP contribution in [0.25, 0.3) is 0 Å². The van der Waals surface area contributed by atoms with Gasteiger partial charge in [-0.15, -0.1) is 0 Å². The maximum atomic E-state index is 11.8. The van der Waals surface area contributed by atoms with Crippen molar-refractivity contribution >= 4 is 28.4 Å². The van der Waals surface area contributed by atoms with Crippen molar-refractivity contribution in [3.05, 3.63) is 11.3 Å². The van der Waals surface area contributed by atoms with Crippen molar-refractivity contribution in [1.82, 2.24) is 9.69 Å². The highest BCUT2D eigenvalue weighted by Gasteiger charge is 2.25. The number of hydrogen-bond donors (Lipinski definition) is 3. The normalized spacial score (nSPS) is 19.2. The number of carbonyl (C=O) groups excluding carboxylic acids is 1. The number of rotatable bonds is 3. The van der Waals surface area contributed by atoms with Gasteiger partial charge in [0.25, 0.3) is 0 Å². The summed E-state index contributed by atoms with van der Waals surface area (Å²) in [5.74, 6) is -1.25. The van der Waals surface area contributed by atoms with E-state index in [1.807, 2.05) is 0 Å². The quantitative estimate of drug-likeness (QED) is 0.744. The number of hydrogen-bond acceptors (Lipinski definition) is 5.